The van der Waals surface area contributed by atoms with E-state index < -0.39 is 9.84 Å². The van der Waals surface area contributed by atoms with Gasteiger partial charge in [-0.25, -0.2) is 8.42 Å². The largest absolute Gasteiger partial charge is 0.218 e. The van der Waals surface area contributed by atoms with Crippen molar-refractivity contribution in [2.75, 3.05) is 0 Å². The first-order valence-electron chi connectivity index (χ1n) is 5.62. The summed E-state index contributed by atoms with van der Waals surface area (Å²) in [6, 6.07) is 11.8. The van der Waals surface area contributed by atoms with Gasteiger partial charge in [-0.05, 0) is 53.2 Å². The zero-order valence-corrected chi connectivity index (χ0v) is 13.7. The van der Waals surface area contributed by atoms with Crippen molar-refractivity contribution in [1.29, 1.82) is 5.26 Å². The van der Waals surface area contributed by atoms with E-state index in [-0.39, 0.29) is 9.80 Å². The van der Waals surface area contributed by atoms with Gasteiger partial charge in [0.05, 0.1) is 8.68 Å². The van der Waals surface area contributed by atoms with E-state index in [1.807, 2.05) is 13.0 Å². The van der Waals surface area contributed by atoms with Crippen LogP contribution in [0.5, 0.6) is 0 Å². The Morgan fingerprint density at radius 2 is 1.90 bits per heavy atom. The molecular weight excluding hydrogens is 358 g/mol. The fourth-order valence-corrected chi connectivity index (χ4v) is 4.14. The maximum atomic E-state index is 12.4. The minimum Gasteiger partial charge on any atom is -0.218 e. The highest BCUT2D eigenvalue weighted by Gasteiger charge is 2.20. The average molecular weight is 368 g/mol. The van der Waals surface area contributed by atoms with Crippen LogP contribution in [0.2, 0.25) is 0 Å². The number of halogens is 1. The average Bonchev–Trinajstić information content (AvgIpc) is 2.82. The van der Waals surface area contributed by atoms with Crippen LogP contribution in [0.3, 0.4) is 0 Å². The van der Waals surface area contributed by atoms with Crippen molar-refractivity contribution in [3.8, 4) is 6.07 Å². The van der Waals surface area contributed by atoms with E-state index in [0.29, 0.717) is 4.88 Å². The van der Waals surface area contributed by atoms with Crippen LogP contribution in [0.25, 0.3) is 6.08 Å². The molecule has 0 bridgehead atoms. The van der Waals surface area contributed by atoms with Crippen molar-refractivity contribution < 1.29 is 8.42 Å². The summed E-state index contributed by atoms with van der Waals surface area (Å²) in [5.74, 6) is 0. The van der Waals surface area contributed by atoms with Gasteiger partial charge in [0, 0.05) is 4.88 Å². The number of nitrogens with zero attached hydrogens (tertiary/aromatic N) is 1. The van der Waals surface area contributed by atoms with Crippen molar-refractivity contribution in [2.45, 2.75) is 11.8 Å². The predicted molar refractivity (Wildman–Crippen MR) is 84.0 cm³/mol. The van der Waals surface area contributed by atoms with Crippen LogP contribution < -0.4 is 0 Å². The molecular formula is C14H10BrNO2S2. The Bertz CT molecular complexity index is 796. The molecule has 0 amide bonds. The number of sulfone groups is 1. The summed E-state index contributed by atoms with van der Waals surface area (Å²) in [6.07, 6.45) is 1.39. The highest BCUT2D eigenvalue weighted by molar-refractivity contribution is 9.11. The lowest BCUT2D eigenvalue weighted by molar-refractivity contribution is 0.603. The Hall–Kier alpha value is -1.42. The number of benzene rings is 1. The zero-order valence-electron chi connectivity index (χ0n) is 10.5. The standard InChI is InChI=1S/C14H10BrNO2S2/c1-10-2-5-12(6-3-10)20(17,18)13(9-16)8-11-4-7-14(15)19-11/h2-8H,1H3/b13-8+. The molecule has 20 heavy (non-hydrogen) atoms. The van der Waals surface area contributed by atoms with Crippen molar-refractivity contribution in [3.63, 3.8) is 0 Å². The third-order valence-corrected chi connectivity index (χ3v) is 5.85. The molecule has 1 aromatic heterocycles. The lowest BCUT2D eigenvalue weighted by atomic mass is 10.2. The predicted octanol–water partition coefficient (Wildman–Crippen LogP) is 4.16. The number of allylic oxidation sites excluding steroid dienone is 1. The molecule has 0 aliphatic carbocycles. The quantitative estimate of drug-likeness (QED) is 0.765. The number of rotatable bonds is 3. The van der Waals surface area contributed by atoms with Crippen LogP contribution >= 0.6 is 27.3 Å². The molecule has 0 unspecified atom stereocenters. The van der Waals surface area contributed by atoms with Gasteiger partial charge in [-0.15, -0.1) is 11.3 Å². The summed E-state index contributed by atoms with van der Waals surface area (Å²) in [5, 5.41) is 9.14. The third-order valence-electron chi connectivity index (χ3n) is 2.60. The highest BCUT2D eigenvalue weighted by Crippen LogP contribution is 2.27. The summed E-state index contributed by atoms with van der Waals surface area (Å²) >= 11 is 4.67. The molecule has 102 valence electrons. The molecule has 2 rings (SSSR count). The minimum absolute atomic E-state index is 0.131. The van der Waals surface area contributed by atoms with E-state index in [1.165, 1.54) is 29.5 Å². The Labute approximate surface area is 130 Å². The lowest BCUT2D eigenvalue weighted by Crippen LogP contribution is -2.03. The third kappa shape index (κ3) is 3.18. The van der Waals surface area contributed by atoms with Gasteiger partial charge >= 0.3 is 0 Å². The Morgan fingerprint density at radius 3 is 2.40 bits per heavy atom. The molecule has 0 aliphatic rings. The van der Waals surface area contributed by atoms with Crippen LogP contribution in [0.4, 0.5) is 0 Å². The van der Waals surface area contributed by atoms with Crippen molar-refractivity contribution in [1.82, 2.24) is 0 Å². The van der Waals surface area contributed by atoms with E-state index in [9.17, 15) is 8.42 Å². The molecule has 1 heterocycles. The Kier molecular flexibility index (Phi) is 4.43. The summed E-state index contributed by atoms with van der Waals surface area (Å²) < 4.78 is 25.7. The number of thiophene rings is 1. The molecule has 0 saturated carbocycles. The molecule has 0 fully saturated rings. The number of hydrogen-bond donors (Lipinski definition) is 0. The normalized spacial score (nSPS) is 12.2. The maximum Gasteiger partial charge on any atom is 0.216 e. The molecule has 2 aromatic rings. The second-order valence-corrected chi connectivity index (χ2v) is 8.49. The van der Waals surface area contributed by atoms with Gasteiger partial charge in [0.25, 0.3) is 0 Å². The second-order valence-electron chi connectivity index (χ2n) is 4.08. The van der Waals surface area contributed by atoms with Gasteiger partial charge in [0.15, 0.2) is 4.91 Å². The van der Waals surface area contributed by atoms with E-state index >= 15 is 0 Å². The van der Waals surface area contributed by atoms with Gasteiger partial charge in [-0.3, -0.25) is 0 Å². The van der Waals surface area contributed by atoms with E-state index in [4.69, 9.17) is 5.26 Å². The van der Waals surface area contributed by atoms with Gasteiger partial charge < -0.3 is 0 Å². The van der Waals surface area contributed by atoms with Crippen molar-refractivity contribution in [3.05, 3.63) is 55.5 Å². The Morgan fingerprint density at radius 1 is 1.25 bits per heavy atom. The topological polar surface area (TPSA) is 57.9 Å². The molecule has 1 aromatic carbocycles. The number of hydrogen-bond acceptors (Lipinski definition) is 4. The van der Waals surface area contributed by atoms with Crippen LogP contribution in [0.15, 0.2) is 50.0 Å². The van der Waals surface area contributed by atoms with Crippen molar-refractivity contribution >= 4 is 43.2 Å². The molecule has 0 saturated heterocycles. The van der Waals surface area contributed by atoms with Gasteiger partial charge in [0.1, 0.15) is 6.07 Å². The summed E-state index contributed by atoms with van der Waals surface area (Å²) in [6.45, 7) is 1.88. The van der Waals surface area contributed by atoms with Gasteiger partial charge in [-0.2, -0.15) is 5.26 Å². The Balaban J connectivity index is 2.48. The molecule has 0 spiro atoms. The summed E-state index contributed by atoms with van der Waals surface area (Å²) in [4.78, 5) is 0.589. The summed E-state index contributed by atoms with van der Waals surface area (Å²) in [7, 11) is -3.77. The molecule has 6 heteroatoms. The maximum absolute atomic E-state index is 12.4. The number of nitriles is 1. The molecule has 0 radical (unpaired) electrons. The summed E-state index contributed by atoms with van der Waals surface area (Å²) in [5.41, 5.74) is 0.966. The van der Waals surface area contributed by atoms with Crippen LogP contribution in [-0.2, 0) is 9.84 Å². The van der Waals surface area contributed by atoms with Gasteiger partial charge in [0.2, 0.25) is 9.84 Å². The van der Waals surface area contributed by atoms with E-state index in [1.54, 1.807) is 24.3 Å². The van der Waals surface area contributed by atoms with Crippen molar-refractivity contribution in [2.24, 2.45) is 0 Å². The molecule has 0 aliphatic heterocycles. The first kappa shape index (κ1) is 15.0. The molecule has 3 nitrogen and oxygen atoms in total. The van der Waals surface area contributed by atoms with E-state index in [0.717, 1.165) is 9.35 Å². The van der Waals surface area contributed by atoms with Crippen LogP contribution in [0.1, 0.15) is 10.4 Å². The lowest BCUT2D eigenvalue weighted by Gasteiger charge is -2.03. The fourth-order valence-electron chi connectivity index (χ4n) is 1.55. The SMILES string of the molecule is Cc1ccc(S(=O)(=O)/C(C#N)=C/c2ccc(Br)s2)cc1. The van der Waals surface area contributed by atoms with Gasteiger partial charge in [-0.1, -0.05) is 17.7 Å². The van der Waals surface area contributed by atoms with Crippen LogP contribution in [0, 0.1) is 18.3 Å². The highest BCUT2D eigenvalue weighted by atomic mass is 79.9. The zero-order chi connectivity index (χ0) is 14.8. The monoisotopic (exact) mass is 367 g/mol. The minimum atomic E-state index is -3.77. The first-order chi connectivity index (χ1) is 9.43. The van der Waals surface area contributed by atoms with Crippen LogP contribution in [-0.4, -0.2) is 8.42 Å². The van der Waals surface area contributed by atoms with E-state index in [2.05, 4.69) is 15.9 Å². The second kappa shape index (κ2) is 5.92. The fraction of sp³-hybridized carbons (Fsp3) is 0.0714. The molecule has 0 atom stereocenters. The number of aryl methyl sites for hydroxylation is 1. The smallest absolute Gasteiger partial charge is 0.216 e. The first-order valence-corrected chi connectivity index (χ1v) is 8.71. The molecule has 0 N–H and O–H groups in total.